The summed E-state index contributed by atoms with van der Waals surface area (Å²) in [5.74, 6) is 0.323. The largest absolute Gasteiger partial charge is 0.376 e. The molecule has 2 heterocycles. The molecule has 0 saturated carbocycles. The lowest BCUT2D eigenvalue weighted by molar-refractivity contribution is -0.127. The molecule has 0 aromatic rings. The Morgan fingerprint density at radius 1 is 1.38 bits per heavy atom. The third kappa shape index (κ3) is 2.55. The summed E-state index contributed by atoms with van der Waals surface area (Å²) in [6.45, 7) is 5.93. The Morgan fingerprint density at radius 3 is 2.81 bits per heavy atom. The summed E-state index contributed by atoms with van der Waals surface area (Å²) in [6.07, 6.45) is 3.21. The lowest BCUT2D eigenvalue weighted by atomic mass is 9.91. The molecule has 92 valence electrons. The Hall–Kier alpha value is -0.610. The molecular formula is C12H22N2O2. The highest BCUT2D eigenvalue weighted by Gasteiger charge is 2.31. The van der Waals surface area contributed by atoms with Crippen molar-refractivity contribution in [2.75, 3.05) is 13.2 Å². The van der Waals surface area contributed by atoms with Crippen LogP contribution in [0.25, 0.3) is 0 Å². The van der Waals surface area contributed by atoms with Crippen molar-refractivity contribution >= 4 is 5.91 Å². The summed E-state index contributed by atoms with van der Waals surface area (Å²) < 4.78 is 5.45. The fourth-order valence-electron chi connectivity index (χ4n) is 2.61. The summed E-state index contributed by atoms with van der Waals surface area (Å²) in [5, 5.41) is 6.48. The molecule has 2 aliphatic heterocycles. The fraction of sp³-hybridized carbons (Fsp3) is 0.917. The van der Waals surface area contributed by atoms with Crippen molar-refractivity contribution in [1.29, 1.82) is 0 Å². The van der Waals surface area contributed by atoms with Crippen LogP contribution in [0, 0.1) is 5.92 Å². The third-order valence-electron chi connectivity index (χ3n) is 3.80. The number of carbonyl (C=O) groups excluding carboxylic acids is 1. The quantitative estimate of drug-likeness (QED) is 0.727. The van der Waals surface area contributed by atoms with Gasteiger partial charge in [0.05, 0.1) is 18.1 Å². The number of nitrogens with one attached hydrogen (secondary N) is 2. The van der Waals surface area contributed by atoms with Crippen molar-refractivity contribution in [3.05, 3.63) is 0 Å². The van der Waals surface area contributed by atoms with E-state index in [-0.39, 0.29) is 24.0 Å². The predicted octanol–water partition coefficient (Wildman–Crippen LogP) is 0.668. The Kier molecular flexibility index (Phi) is 3.82. The van der Waals surface area contributed by atoms with Gasteiger partial charge in [0, 0.05) is 12.6 Å². The van der Waals surface area contributed by atoms with Gasteiger partial charge in [-0.3, -0.25) is 4.79 Å². The highest BCUT2D eigenvalue weighted by molar-refractivity contribution is 5.79. The van der Waals surface area contributed by atoms with E-state index in [9.17, 15) is 4.79 Å². The van der Waals surface area contributed by atoms with E-state index < -0.39 is 0 Å². The lowest BCUT2D eigenvalue weighted by Crippen LogP contribution is -2.50. The third-order valence-corrected chi connectivity index (χ3v) is 3.80. The minimum atomic E-state index is 0.126. The number of piperidine rings is 1. The first-order chi connectivity index (χ1) is 7.68. The van der Waals surface area contributed by atoms with E-state index >= 15 is 0 Å². The predicted molar refractivity (Wildman–Crippen MR) is 62.2 cm³/mol. The summed E-state index contributed by atoms with van der Waals surface area (Å²) in [7, 11) is 0. The van der Waals surface area contributed by atoms with Gasteiger partial charge in [-0.15, -0.1) is 0 Å². The molecule has 1 amide bonds. The first-order valence-electron chi connectivity index (χ1n) is 6.34. The second-order valence-electron chi connectivity index (χ2n) is 4.97. The van der Waals surface area contributed by atoms with Crippen LogP contribution in [0.1, 0.15) is 33.1 Å². The first kappa shape index (κ1) is 11.9. The van der Waals surface area contributed by atoms with Gasteiger partial charge in [0.1, 0.15) is 0 Å². The van der Waals surface area contributed by atoms with Crippen LogP contribution in [0.2, 0.25) is 0 Å². The van der Waals surface area contributed by atoms with E-state index in [1.807, 2.05) is 6.92 Å². The minimum absolute atomic E-state index is 0.126. The van der Waals surface area contributed by atoms with E-state index in [2.05, 4.69) is 17.6 Å². The SMILES string of the molecule is CC1NCCCC1C(=O)NC1CCOC1C. The van der Waals surface area contributed by atoms with Gasteiger partial charge in [0.15, 0.2) is 0 Å². The van der Waals surface area contributed by atoms with Crippen LogP contribution in [0.3, 0.4) is 0 Å². The Labute approximate surface area is 97.1 Å². The molecule has 4 atom stereocenters. The number of amides is 1. The van der Waals surface area contributed by atoms with Gasteiger partial charge >= 0.3 is 0 Å². The van der Waals surface area contributed by atoms with Gasteiger partial charge in [-0.25, -0.2) is 0 Å². The summed E-state index contributed by atoms with van der Waals surface area (Å²) in [5.41, 5.74) is 0. The number of rotatable bonds is 2. The van der Waals surface area contributed by atoms with Crippen molar-refractivity contribution in [1.82, 2.24) is 10.6 Å². The maximum absolute atomic E-state index is 12.1. The molecule has 0 radical (unpaired) electrons. The summed E-state index contributed by atoms with van der Waals surface area (Å²) in [6, 6.07) is 0.507. The summed E-state index contributed by atoms with van der Waals surface area (Å²) >= 11 is 0. The number of hydrogen-bond acceptors (Lipinski definition) is 3. The van der Waals surface area contributed by atoms with Gasteiger partial charge in [-0.2, -0.15) is 0 Å². The molecule has 2 N–H and O–H groups in total. The number of carbonyl (C=O) groups is 1. The fourth-order valence-corrected chi connectivity index (χ4v) is 2.61. The van der Waals surface area contributed by atoms with Gasteiger partial charge in [0.2, 0.25) is 5.91 Å². The molecular weight excluding hydrogens is 204 g/mol. The minimum Gasteiger partial charge on any atom is -0.376 e. The zero-order valence-corrected chi connectivity index (χ0v) is 10.2. The molecule has 0 aliphatic carbocycles. The van der Waals surface area contributed by atoms with Crippen LogP contribution in [-0.4, -0.2) is 37.2 Å². The normalized spacial score (nSPS) is 39.6. The smallest absolute Gasteiger partial charge is 0.224 e. The van der Waals surface area contributed by atoms with Gasteiger partial charge in [-0.05, 0) is 39.7 Å². The second-order valence-corrected chi connectivity index (χ2v) is 4.97. The van der Waals surface area contributed by atoms with E-state index in [1.54, 1.807) is 0 Å². The van der Waals surface area contributed by atoms with E-state index in [0.717, 1.165) is 32.4 Å². The van der Waals surface area contributed by atoms with Crippen LogP contribution in [0.15, 0.2) is 0 Å². The van der Waals surface area contributed by atoms with E-state index in [1.165, 1.54) is 0 Å². The van der Waals surface area contributed by atoms with Crippen molar-refractivity contribution in [3.8, 4) is 0 Å². The molecule has 4 nitrogen and oxygen atoms in total. The monoisotopic (exact) mass is 226 g/mol. The zero-order valence-electron chi connectivity index (χ0n) is 10.2. The molecule has 2 aliphatic rings. The maximum Gasteiger partial charge on any atom is 0.224 e. The molecule has 4 heteroatoms. The standard InChI is InChI=1S/C12H22N2O2/c1-8-10(4-3-6-13-8)12(15)14-11-5-7-16-9(11)2/h8-11,13H,3-7H2,1-2H3,(H,14,15). The molecule has 0 aromatic carbocycles. The molecule has 4 unspecified atom stereocenters. The molecule has 0 aromatic heterocycles. The first-order valence-corrected chi connectivity index (χ1v) is 6.34. The summed E-state index contributed by atoms with van der Waals surface area (Å²) in [4.78, 5) is 12.1. The molecule has 16 heavy (non-hydrogen) atoms. The number of hydrogen-bond donors (Lipinski definition) is 2. The van der Waals surface area contributed by atoms with Crippen LogP contribution in [0.4, 0.5) is 0 Å². The van der Waals surface area contributed by atoms with Crippen LogP contribution < -0.4 is 10.6 Å². The molecule has 2 saturated heterocycles. The molecule has 0 spiro atoms. The average Bonchev–Trinajstić information content (AvgIpc) is 2.65. The second kappa shape index (κ2) is 5.15. The van der Waals surface area contributed by atoms with Crippen LogP contribution in [0.5, 0.6) is 0 Å². The Balaban J connectivity index is 1.86. The highest BCUT2D eigenvalue weighted by Crippen LogP contribution is 2.18. The van der Waals surface area contributed by atoms with E-state index in [4.69, 9.17) is 4.74 Å². The van der Waals surface area contributed by atoms with Crippen molar-refractivity contribution < 1.29 is 9.53 Å². The topological polar surface area (TPSA) is 50.4 Å². The molecule has 2 fully saturated rings. The maximum atomic E-state index is 12.1. The lowest BCUT2D eigenvalue weighted by Gasteiger charge is -2.30. The van der Waals surface area contributed by atoms with Crippen molar-refractivity contribution in [2.24, 2.45) is 5.92 Å². The van der Waals surface area contributed by atoms with Crippen molar-refractivity contribution in [3.63, 3.8) is 0 Å². The Morgan fingerprint density at radius 2 is 2.19 bits per heavy atom. The molecule has 0 bridgehead atoms. The van der Waals surface area contributed by atoms with Crippen LogP contribution in [-0.2, 0) is 9.53 Å². The van der Waals surface area contributed by atoms with Gasteiger partial charge in [-0.1, -0.05) is 0 Å². The molecule has 2 rings (SSSR count). The van der Waals surface area contributed by atoms with E-state index in [0.29, 0.717) is 6.04 Å². The zero-order chi connectivity index (χ0) is 11.5. The van der Waals surface area contributed by atoms with Crippen molar-refractivity contribution in [2.45, 2.75) is 51.3 Å². The van der Waals surface area contributed by atoms with Gasteiger partial charge in [0.25, 0.3) is 0 Å². The Bertz CT molecular complexity index is 257. The average molecular weight is 226 g/mol. The van der Waals surface area contributed by atoms with Gasteiger partial charge < -0.3 is 15.4 Å². The van der Waals surface area contributed by atoms with Crippen LogP contribution >= 0.6 is 0 Å². The highest BCUT2D eigenvalue weighted by atomic mass is 16.5. The number of ether oxygens (including phenoxy) is 1.